The van der Waals surface area contributed by atoms with Gasteiger partial charge in [-0.25, -0.2) is 19.9 Å². The van der Waals surface area contributed by atoms with Gasteiger partial charge in [0.15, 0.2) is 0 Å². The number of aromatic amines is 1. The third-order valence-corrected chi connectivity index (χ3v) is 4.81. The highest BCUT2D eigenvalue weighted by molar-refractivity contribution is 5.33. The van der Waals surface area contributed by atoms with Gasteiger partial charge in [0.05, 0.1) is 24.6 Å². The lowest BCUT2D eigenvalue weighted by atomic mass is 9.97. The van der Waals surface area contributed by atoms with Crippen molar-refractivity contribution in [3.63, 3.8) is 0 Å². The van der Waals surface area contributed by atoms with Crippen LogP contribution in [0.15, 0.2) is 31.1 Å². The predicted octanol–water partition coefficient (Wildman–Crippen LogP) is 1.90. The largest absolute Gasteiger partial charge is 0.354 e. The summed E-state index contributed by atoms with van der Waals surface area (Å²) in [4.78, 5) is 23.7. The Labute approximate surface area is 152 Å². The van der Waals surface area contributed by atoms with E-state index in [4.69, 9.17) is 0 Å². The van der Waals surface area contributed by atoms with E-state index >= 15 is 0 Å². The van der Waals surface area contributed by atoms with Gasteiger partial charge in [-0.2, -0.15) is 0 Å². The average molecular weight is 352 g/mol. The smallest absolute Gasteiger partial charge is 0.222 e. The minimum absolute atomic E-state index is 0.0296. The van der Waals surface area contributed by atoms with Crippen molar-refractivity contribution in [2.45, 2.75) is 32.4 Å². The van der Waals surface area contributed by atoms with Crippen LogP contribution in [0.2, 0.25) is 0 Å². The molecule has 1 aliphatic heterocycles. The number of nitrogens with zero attached hydrogens (tertiary/aromatic N) is 6. The Morgan fingerprint density at radius 3 is 2.81 bits per heavy atom. The molecule has 26 heavy (non-hydrogen) atoms. The van der Waals surface area contributed by atoms with Crippen molar-refractivity contribution in [1.29, 1.82) is 0 Å². The summed E-state index contributed by atoms with van der Waals surface area (Å²) < 4.78 is 2.06. The molecule has 0 unspecified atom stereocenters. The van der Waals surface area contributed by atoms with Crippen LogP contribution in [0.1, 0.15) is 42.2 Å². The maximum Gasteiger partial charge on any atom is 0.222 e. The highest BCUT2D eigenvalue weighted by Crippen LogP contribution is 2.33. The van der Waals surface area contributed by atoms with Gasteiger partial charge >= 0.3 is 0 Å². The van der Waals surface area contributed by atoms with E-state index in [0.717, 1.165) is 49.6 Å². The van der Waals surface area contributed by atoms with Crippen LogP contribution >= 0.6 is 0 Å². The number of aryl methyl sites for hydroxylation is 1. The zero-order valence-electron chi connectivity index (χ0n) is 15.2. The Hall–Kier alpha value is -2.74. The molecule has 0 aliphatic carbocycles. The number of anilines is 1. The first-order valence-electron chi connectivity index (χ1n) is 9.04. The van der Waals surface area contributed by atoms with Gasteiger partial charge < -0.3 is 14.9 Å². The first kappa shape index (κ1) is 16.7. The molecule has 8 nitrogen and oxygen atoms in total. The number of hydrogen-bond acceptors (Lipinski definition) is 6. The van der Waals surface area contributed by atoms with Crippen LogP contribution in [0.5, 0.6) is 0 Å². The third-order valence-electron chi connectivity index (χ3n) is 4.81. The van der Waals surface area contributed by atoms with E-state index in [1.165, 1.54) is 5.69 Å². The van der Waals surface area contributed by atoms with Crippen LogP contribution in [0, 0.1) is 0 Å². The second kappa shape index (κ2) is 7.25. The van der Waals surface area contributed by atoms with E-state index in [1.54, 1.807) is 6.33 Å². The number of aromatic nitrogens is 6. The lowest BCUT2D eigenvalue weighted by Crippen LogP contribution is -2.36. The van der Waals surface area contributed by atoms with E-state index in [0.29, 0.717) is 5.95 Å². The molecule has 0 aromatic carbocycles. The molecule has 0 radical (unpaired) electrons. The molecule has 4 heterocycles. The monoisotopic (exact) mass is 352 g/mol. The minimum atomic E-state index is 0.0296. The van der Waals surface area contributed by atoms with Crippen molar-refractivity contribution in [3.8, 4) is 0 Å². The summed E-state index contributed by atoms with van der Waals surface area (Å²) in [5, 5.41) is 3.22. The Kier molecular flexibility index (Phi) is 4.66. The highest BCUT2D eigenvalue weighted by Gasteiger charge is 2.32. The summed E-state index contributed by atoms with van der Waals surface area (Å²) in [7, 11) is 2.03. The first-order valence-corrected chi connectivity index (χ1v) is 9.04. The molecule has 1 atom stereocenters. The minimum Gasteiger partial charge on any atom is -0.354 e. The molecular formula is C18H24N8. The number of hydrogen-bond donors (Lipinski definition) is 2. The van der Waals surface area contributed by atoms with Gasteiger partial charge in [-0.3, -0.25) is 4.90 Å². The topological polar surface area (TPSA) is 87.5 Å². The Morgan fingerprint density at radius 2 is 2.08 bits per heavy atom. The summed E-state index contributed by atoms with van der Waals surface area (Å²) in [5.74, 6) is 1.71. The van der Waals surface area contributed by atoms with Crippen LogP contribution in [-0.2, 0) is 20.0 Å². The van der Waals surface area contributed by atoms with Gasteiger partial charge in [-0.15, -0.1) is 0 Å². The maximum atomic E-state index is 4.59. The molecule has 4 rings (SSSR count). The predicted molar refractivity (Wildman–Crippen MR) is 98.6 cm³/mol. The van der Waals surface area contributed by atoms with Crippen LogP contribution in [0.4, 0.5) is 5.95 Å². The number of H-pyrrole nitrogens is 1. The molecule has 0 amide bonds. The van der Waals surface area contributed by atoms with Crippen molar-refractivity contribution in [3.05, 3.63) is 53.9 Å². The molecule has 2 N–H and O–H groups in total. The maximum absolute atomic E-state index is 4.59. The molecule has 0 saturated carbocycles. The zero-order valence-corrected chi connectivity index (χ0v) is 15.2. The van der Waals surface area contributed by atoms with Crippen LogP contribution in [0.25, 0.3) is 0 Å². The lowest BCUT2D eigenvalue weighted by Gasteiger charge is -2.34. The van der Waals surface area contributed by atoms with Gasteiger partial charge in [-0.1, -0.05) is 6.92 Å². The second-order valence-electron chi connectivity index (χ2n) is 6.61. The SMILES string of the molecule is CCCNc1ncc([C@H]2c3nc[nH]c3CCN2Cc2nccn2C)cn1. The molecule has 3 aromatic heterocycles. The highest BCUT2D eigenvalue weighted by atomic mass is 15.2. The van der Waals surface area contributed by atoms with E-state index in [9.17, 15) is 0 Å². The van der Waals surface area contributed by atoms with Crippen molar-refractivity contribution < 1.29 is 0 Å². The summed E-state index contributed by atoms with van der Waals surface area (Å²) in [5.41, 5.74) is 3.30. The first-order chi connectivity index (χ1) is 12.8. The third kappa shape index (κ3) is 3.20. The molecule has 136 valence electrons. The molecule has 3 aromatic rings. The Bertz CT molecular complexity index is 850. The quantitative estimate of drug-likeness (QED) is 0.704. The number of rotatable bonds is 6. The van der Waals surface area contributed by atoms with Gasteiger partial charge in [0, 0.05) is 62.6 Å². The van der Waals surface area contributed by atoms with Crippen molar-refractivity contribution >= 4 is 5.95 Å². The van der Waals surface area contributed by atoms with Gasteiger partial charge in [-0.05, 0) is 6.42 Å². The summed E-state index contributed by atoms with van der Waals surface area (Å²) >= 11 is 0. The molecule has 0 bridgehead atoms. The molecule has 0 spiro atoms. The standard InChI is InChI=1S/C18H24N8/c1-3-5-20-18-21-9-13(10-22-18)17-16-14(23-12-24-16)4-7-26(17)11-15-19-6-8-25(15)2/h6,8-10,12,17H,3-5,7,11H2,1-2H3,(H,23,24)(H,20,21,22)/t17-/m0/s1. The van der Waals surface area contributed by atoms with Crippen molar-refractivity contribution in [1.82, 2.24) is 34.4 Å². The van der Waals surface area contributed by atoms with E-state index < -0.39 is 0 Å². The fraction of sp³-hybridized carbons (Fsp3) is 0.444. The fourth-order valence-electron chi connectivity index (χ4n) is 3.40. The van der Waals surface area contributed by atoms with Gasteiger partial charge in [0.2, 0.25) is 5.95 Å². The fourth-order valence-corrected chi connectivity index (χ4v) is 3.40. The molecule has 8 heteroatoms. The van der Waals surface area contributed by atoms with Gasteiger partial charge in [0.25, 0.3) is 0 Å². The van der Waals surface area contributed by atoms with Crippen molar-refractivity contribution in [2.75, 3.05) is 18.4 Å². The molecule has 0 saturated heterocycles. The molecular weight excluding hydrogens is 328 g/mol. The number of nitrogens with one attached hydrogen (secondary N) is 2. The van der Waals surface area contributed by atoms with Gasteiger partial charge in [0.1, 0.15) is 5.82 Å². The van der Waals surface area contributed by atoms with Crippen LogP contribution in [0.3, 0.4) is 0 Å². The summed E-state index contributed by atoms with van der Waals surface area (Å²) in [6.45, 7) is 4.69. The second-order valence-corrected chi connectivity index (χ2v) is 6.61. The summed E-state index contributed by atoms with van der Waals surface area (Å²) in [6.07, 6.45) is 11.4. The van der Waals surface area contributed by atoms with Crippen LogP contribution < -0.4 is 5.32 Å². The van der Waals surface area contributed by atoms with E-state index in [2.05, 4.69) is 46.6 Å². The summed E-state index contributed by atoms with van der Waals surface area (Å²) in [6, 6.07) is 0.0296. The molecule has 1 aliphatic rings. The van der Waals surface area contributed by atoms with Crippen molar-refractivity contribution in [2.24, 2.45) is 7.05 Å². The molecule has 0 fully saturated rings. The van der Waals surface area contributed by atoms with E-state index in [1.807, 2.05) is 31.8 Å². The average Bonchev–Trinajstić information content (AvgIpc) is 3.29. The van der Waals surface area contributed by atoms with E-state index in [-0.39, 0.29) is 6.04 Å². The number of fused-ring (bicyclic) bond motifs is 1. The Balaban J connectivity index is 1.63. The Morgan fingerprint density at radius 1 is 1.23 bits per heavy atom. The normalized spacial score (nSPS) is 17.2. The number of imidazole rings is 2. The van der Waals surface area contributed by atoms with Crippen LogP contribution in [-0.4, -0.2) is 47.5 Å². The zero-order chi connectivity index (χ0) is 17.9. The lowest BCUT2D eigenvalue weighted by molar-refractivity contribution is 0.193.